The number of para-hydroxylation sites is 2. The molecule has 3 aromatic rings. The van der Waals surface area contributed by atoms with E-state index in [1.54, 1.807) is 0 Å². The summed E-state index contributed by atoms with van der Waals surface area (Å²) >= 11 is 0. The highest BCUT2D eigenvalue weighted by atomic mass is 16.5. The van der Waals surface area contributed by atoms with Gasteiger partial charge in [0.2, 0.25) is 0 Å². The Kier molecular flexibility index (Phi) is 3.81. The molecule has 2 aromatic heterocycles. The highest BCUT2D eigenvalue weighted by Gasteiger charge is 2.31. The summed E-state index contributed by atoms with van der Waals surface area (Å²) in [7, 11) is 0. The molecule has 0 bridgehead atoms. The standard InChI is InChI=1S/C19H22N4O/c1-12-17(21-16-8-5-4-7-15(16)20-12)11-23-10-6-9-18(23)19-13(2)22-24-14(19)3/h4-5,7-8,18H,6,9-11H2,1-3H3/t18-/m0/s1. The molecule has 0 radical (unpaired) electrons. The molecule has 3 heterocycles. The number of hydrogen-bond acceptors (Lipinski definition) is 5. The lowest BCUT2D eigenvalue weighted by atomic mass is 10.0. The zero-order valence-corrected chi connectivity index (χ0v) is 14.4. The van der Waals surface area contributed by atoms with Crippen LogP contribution < -0.4 is 0 Å². The molecule has 0 aliphatic carbocycles. The molecular weight excluding hydrogens is 300 g/mol. The molecule has 1 saturated heterocycles. The SMILES string of the molecule is Cc1nc2ccccc2nc1CN1CCC[C@H]1c1c(C)noc1C. The lowest BCUT2D eigenvalue weighted by Gasteiger charge is -2.24. The Bertz CT molecular complexity index is 867. The van der Waals surface area contributed by atoms with Gasteiger partial charge in [0.15, 0.2) is 0 Å². The molecule has 5 nitrogen and oxygen atoms in total. The van der Waals surface area contributed by atoms with E-state index >= 15 is 0 Å². The second kappa shape index (κ2) is 5.98. The molecule has 1 atom stereocenters. The van der Waals surface area contributed by atoms with E-state index in [9.17, 15) is 0 Å². The van der Waals surface area contributed by atoms with Crippen LogP contribution in [-0.4, -0.2) is 26.6 Å². The van der Waals surface area contributed by atoms with E-state index in [0.29, 0.717) is 6.04 Å². The van der Waals surface area contributed by atoms with Crippen LogP contribution in [0.4, 0.5) is 0 Å². The summed E-state index contributed by atoms with van der Waals surface area (Å²) in [6.45, 7) is 7.98. The number of aromatic nitrogens is 3. The second-order valence-electron chi connectivity index (χ2n) is 6.61. The normalized spacial score (nSPS) is 18.5. The fourth-order valence-corrected chi connectivity index (χ4v) is 3.77. The molecule has 0 spiro atoms. The molecule has 4 rings (SSSR count). The zero-order valence-electron chi connectivity index (χ0n) is 14.4. The zero-order chi connectivity index (χ0) is 16.7. The number of rotatable bonds is 3. The minimum absolute atomic E-state index is 0.365. The fraction of sp³-hybridized carbons (Fsp3) is 0.421. The highest BCUT2D eigenvalue weighted by Crippen LogP contribution is 2.36. The highest BCUT2D eigenvalue weighted by molar-refractivity contribution is 5.74. The van der Waals surface area contributed by atoms with Gasteiger partial charge in [-0.15, -0.1) is 0 Å². The van der Waals surface area contributed by atoms with Crippen molar-refractivity contribution in [3.63, 3.8) is 0 Å². The Hall–Kier alpha value is -2.27. The number of aryl methyl sites for hydroxylation is 3. The molecule has 0 unspecified atom stereocenters. The molecule has 0 saturated carbocycles. The van der Waals surface area contributed by atoms with Crippen LogP contribution in [0, 0.1) is 20.8 Å². The molecule has 1 aromatic carbocycles. The van der Waals surface area contributed by atoms with Crippen LogP contribution in [0.3, 0.4) is 0 Å². The van der Waals surface area contributed by atoms with Gasteiger partial charge in [0.1, 0.15) is 5.76 Å². The van der Waals surface area contributed by atoms with Gasteiger partial charge in [-0.2, -0.15) is 0 Å². The van der Waals surface area contributed by atoms with Gasteiger partial charge < -0.3 is 4.52 Å². The van der Waals surface area contributed by atoms with E-state index in [4.69, 9.17) is 14.5 Å². The van der Waals surface area contributed by atoms with E-state index < -0.39 is 0 Å². The molecule has 5 heteroatoms. The smallest absolute Gasteiger partial charge is 0.138 e. The van der Waals surface area contributed by atoms with Crippen molar-refractivity contribution in [1.82, 2.24) is 20.0 Å². The topological polar surface area (TPSA) is 55.1 Å². The van der Waals surface area contributed by atoms with Gasteiger partial charge in [0.25, 0.3) is 0 Å². The van der Waals surface area contributed by atoms with Crippen molar-refractivity contribution in [2.24, 2.45) is 0 Å². The van der Waals surface area contributed by atoms with Crippen molar-refractivity contribution in [1.29, 1.82) is 0 Å². The van der Waals surface area contributed by atoms with E-state index in [0.717, 1.165) is 53.4 Å². The van der Waals surface area contributed by atoms with Crippen molar-refractivity contribution in [3.05, 3.63) is 52.7 Å². The average Bonchev–Trinajstić information content (AvgIpc) is 3.14. The van der Waals surface area contributed by atoms with Crippen molar-refractivity contribution in [3.8, 4) is 0 Å². The predicted octanol–water partition coefficient (Wildman–Crippen LogP) is 3.88. The molecule has 24 heavy (non-hydrogen) atoms. The second-order valence-corrected chi connectivity index (χ2v) is 6.61. The quantitative estimate of drug-likeness (QED) is 0.732. The predicted molar refractivity (Wildman–Crippen MR) is 92.6 cm³/mol. The number of hydrogen-bond donors (Lipinski definition) is 0. The maximum atomic E-state index is 5.38. The summed E-state index contributed by atoms with van der Waals surface area (Å²) in [5, 5.41) is 4.13. The van der Waals surface area contributed by atoms with Crippen molar-refractivity contribution < 1.29 is 4.52 Å². The van der Waals surface area contributed by atoms with E-state index in [2.05, 4.69) is 17.0 Å². The minimum Gasteiger partial charge on any atom is -0.361 e. The van der Waals surface area contributed by atoms with Crippen LogP contribution in [0.2, 0.25) is 0 Å². The van der Waals surface area contributed by atoms with E-state index in [-0.39, 0.29) is 0 Å². The first-order chi connectivity index (χ1) is 11.6. The van der Waals surface area contributed by atoms with Gasteiger partial charge in [0, 0.05) is 18.2 Å². The first-order valence-corrected chi connectivity index (χ1v) is 8.52. The Morgan fingerprint density at radius 1 is 1.08 bits per heavy atom. The summed E-state index contributed by atoms with van der Waals surface area (Å²) in [5.41, 5.74) is 6.25. The van der Waals surface area contributed by atoms with Gasteiger partial charge in [-0.1, -0.05) is 17.3 Å². The van der Waals surface area contributed by atoms with Crippen LogP contribution in [0.25, 0.3) is 11.0 Å². The van der Waals surface area contributed by atoms with Gasteiger partial charge in [0.05, 0.1) is 28.1 Å². The molecule has 1 aliphatic rings. The minimum atomic E-state index is 0.365. The number of fused-ring (bicyclic) bond motifs is 1. The molecule has 0 N–H and O–H groups in total. The third-order valence-corrected chi connectivity index (χ3v) is 4.98. The fourth-order valence-electron chi connectivity index (χ4n) is 3.77. The summed E-state index contributed by atoms with van der Waals surface area (Å²) < 4.78 is 5.38. The first-order valence-electron chi connectivity index (χ1n) is 8.52. The Morgan fingerprint density at radius 3 is 2.54 bits per heavy atom. The van der Waals surface area contributed by atoms with Crippen molar-refractivity contribution >= 4 is 11.0 Å². The van der Waals surface area contributed by atoms with Crippen LogP contribution >= 0.6 is 0 Å². The van der Waals surface area contributed by atoms with Gasteiger partial charge >= 0.3 is 0 Å². The van der Waals surface area contributed by atoms with Gasteiger partial charge in [-0.05, 0) is 52.3 Å². The number of nitrogens with zero attached hydrogens (tertiary/aromatic N) is 4. The lowest BCUT2D eigenvalue weighted by Crippen LogP contribution is -2.24. The van der Waals surface area contributed by atoms with Gasteiger partial charge in [-0.3, -0.25) is 4.90 Å². The maximum Gasteiger partial charge on any atom is 0.138 e. The average molecular weight is 322 g/mol. The first kappa shape index (κ1) is 15.3. The van der Waals surface area contributed by atoms with Crippen LogP contribution in [0.5, 0.6) is 0 Å². The molecule has 1 fully saturated rings. The summed E-state index contributed by atoms with van der Waals surface area (Å²) in [5.74, 6) is 0.936. The lowest BCUT2D eigenvalue weighted by molar-refractivity contribution is 0.242. The van der Waals surface area contributed by atoms with Crippen molar-refractivity contribution in [2.45, 2.75) is 46.2 Å². The molecular formula is C19H22N4O. The van der Waals surface area contributed by atoms with Crippen LogP contribution in [-0.2, 0) is 6.54 Å². The number of likely N-dealkylation sites (tertiary alicyclic amines) is 1. The largest absolute Gasteiger partial charge is 0.361 e. The Labute approximate surface area is 141 Å². The molecule has 1 aliphatic heterocycles. The van der Waals surface area contributed by atoms with Crippen LogP contribution in [0.1, 0.15) is 47.3 Å². The van der Waals surface area contributed by atoms with Gasteiger partial charge in [-0.25, -0.2) is 9.97 Å². The summed E-state index contributed by atoms with van der Waals surface area (Å²) in [4.78, 5) is 12.1. The van der Waals surface area contributed by atoms with E-state index in [1.165, 1.54) is 12.0 Å². The monoisotopic (exact) mass is 322 g/mol. The number of benzene rings is 1. The molecule has 124 valence electrons. The third kappa shape index (κ3) is 2.59. The molecule has 0 amide bonds. The van der Waals surface area contributed by atoms with E-state index in [1.807, 2.05) is 38.1 Å². The summed E-state index contributed by atoms with van der Waals surface area (Å²) in [6, 6.07) is 8.43. The Balaban J connectivity index is 1.66. The Morgan fingerprint density at radius 2 is 1.83 bits per heavy atom. The van der Waals surface area contributed by atoms with Crippen molar-refractivity contribution in [2.75, 3.05) is 6.54 Å². The summed E-state index contributed by atoms with van der Waals surface area (Å²) in [6.07, 6.45) is 2.33. The maximum absolute atomic E-state index is 5.38. The van der Waals surface area contributed by atoms with Crippen LogP contribution in [0.15, 0.2) is 28.8 Å². The third-order valence-electron chi connectivity index (χ3n) is 4.98.